The minimum Gasteiger partial charge on any atom is -0.375 e. The lowest BCUT2D eigenvalue weighted by Crippen LogP contribution is -2.47. The second kappa shape index (κ2) is 5.13. The summed E-state index contributed by atoms with van der Waals surface area (Å²) in [5.74, 6) is 0. The number of piperidine rings is 1. The van der Waals surface area contributed by atoms with Gasteiger partial charge in [-0.1, -0.05) is 0 Å². The minimum absolute atomic E-state index is 0.373. The summed E-state index contributed by atoms with van der Waals surface area (Å²) in [6, 6.07) is 1.34. The molecule has 0 amide bonds. The lowest BCUT2D eigenvalue weighted by atomic mass is 9.99. The maximum absolute atomic E-state index is 5.86. The smallest absolute Gasteiger partial charge is 0.0605 e. The first-order chi connectivity index (χ1) is 6.50. The van der Waals surface area contributed by atoms with E-state index in [2.05, 4.69) is 39.5 Å². The maximum Gasteiger partial charge on any atom is 0.0605 e. The van der Waals surface area contributed by atoms with E-state index in [1.807, 2.05) is 0 Å². The molecular formula is C12H25NO. The van der Waals surface area contributed by atoms with Crippen LogP contribution in [0.2, 0.25) is 0 Å². The molecule has 0 bridgehead atoms. The Hall–Kier alpha value is -0.0800. The molecule has 0 spiro atoms. The second-order valence-electron chi connectivity index (χ2n) is 5.01. The highest BCUT2D eigenvalue weighted by molar-refractivity contribution is 4.81. The van der Waals surface area contributed by atoms with Gasteiger partial charge >= 0.3 is 0 Å². The molecule has 1 aliphatic rings. The van der Waals surface area contributed by atoms with E-state index < -0.39 is 0 Å². The lowest BCUT2D eigenvalue weighted by molar-refractivity contribution is -0.0472. The van der Waals surface area contributed by atoms with Crippen LogP contribution in [0.15, 0.2) is 0 Å². The highest BCUT2D eigenvalue weighted by atomic mass is 16.5. The van der Waals surface area contributed by atoms with E-state index >= 15 is 0 Å². The van der Waals surface area contributed by atoms with E-state index in [0.717, 1.165) is 0 Å². The Labute approximate surface area is 88.6 Å². The van der Waals surface area contributed by atoms with Crippen LogP contribution in [0.1, 0.15) is 47.5 Å². The summed E-state index contributed by atoms with van der Waals surface area (Å²) < 4.78 is 5.86. The van der Waals surface area contributed by atoms with Crippen LogP contribution in [0.3, 0.4) is 0 Å². The van der Waals surface area contributed by atoms with E-state index in [0.29, 0.717) is 24.3 Å². The summed E-state index contributed by atoms with van der Waals surface area (Å²) in [5, 5.41) is 0. The number of rotatable bonds is 3. The summed E-state index contributed by atoms with van der Waals surface area (Å²) in [6.45, 7) is 12.3. The van der Waals surface area contributed by atoms with Gasteiger partial charge in [0.25, 0.3) is 0 Å². The van der Waals surface area contributed by atoms with Gasteiger partial charge < -0.3 is 4.74 Å². The normalized spacial score (nSPS) is 30.2. The molecule has 0 radical (unpaired) electrons. The molecule has 1 rings (SSSR count). The zero-order chi connectivity index (χ0) is 10.7. The van der Waals surface area contributed by atoms with Crippen LogP contribution in [-0.4, -0.2) is 35.7 Å². The number of nitrogens with zero attached hydrogens (tertiary/aromatic N) is 1. The van der Waals surface area contributed by atoms with Gasteiger partial charge in [0, 0.05) is 18.6 Å². The molecule has 84 valence electrons. The van der Waals surface area contributed by atoms with Crippen molar-refractivity contribution in [1.29, 1.82) is 0 Å². The molecule has 0 saturated carbocycles. The van der Waals surface area contributed by atoms with Gasteiger partial charge in [0.05, 0.1) is 12.2 Å². The Morgan fingerprint density at radius 3 is 2.29 bits per heavy atom. The standard InChI is InChI=1S/C12H25NO/c1-9(2)13-7-6-12(8-11(13)5)14-10(3)4/h9-12H,6-8H2,1-5H3/t11-,12+/m1/s1. The summed E-state index contributed by atoms with van der Waals surface area (Å²) in [4.78, 5) is 2.57. The highest BCUT2D eigenvalue weighted by Crippen LogP contribution is 2.22. The zero-order valence-electron chi connectivity index (χ0n) is 10.3. The van der Waals surface area contributed by atoms with E-state index in [4.69, 9.17) is 4.74 Å². The number of ether oxygens (including phenoxy) is 1. The van der Waals surface area contributed by atoms with Crippen LogP contribution in [0.4, 0.5) is 0 Å². The fourth-order valence-electron chi connectivity index (χ4n) is 2.42. The minimum atomic E-state index is 0.373. The van der Waals surface area contributed by atoms with Gasteiger partial charge in [-0.25, -0.2) is 0 Å². The largest absolute Gasteiger partial charge is 0.375 e. The van der Waals surface area contributed by atoms with Crippen LogP contribution in [0.5, 0.6) is 0 Å². The monoisotopic (exact) mass is 199 g/mol. The molecule has 0 N–H and O–H groups in total. The van der Waals surface area contributed by atoms with Crippen LogP contribution < -0.4 is 0 Å². The predicted octanol–water partition coefficient (Wildman–Crippen LogP) is 2.67. The number of hydrogen-bond acceptors (Lipinski definition) is 2. The van der Waals surface area contributed by atoms with Crippen molar-refractivity contribution < 1.29 is 4.74 Å². The molecule has 1 saturated heterocycles. The molecule has 2 atom stereocenters. The summed E-state index contributed by atoms with van der Waals surface area (Å²) in [6.07, 6.45) is 3.25. The molecule has 0 aromatic rings. The lowest BCUT2D eigenvalue weighted by Gasteiger charge is -2.40. The predicted molar refractivity (Wildman–Crippen MR) is 60.5 cm³/mol. The van der Waals surface area contributed by atoms with E-state index in [9.17, 15) is 0 Å². The van der Waals surface area contributed by atoms with Gasteiger partial charge in [-0.05, 0) is 47.5 Å². The first kappa shape index (κ1) is 12.0. The Morgan fingerprint density at radius 1 is 1.21 bits per heavy atom. The Kier molecular flexibility index (Phi) is 4.39. The van der Waals surface area contributed by atoms with Crippen molar-refractivity contribution in [2.75, 3.05) is 6.54 Å². The quantitative estimate of drug-likeness (QED) is 0.693. The first-order valence-electron chi connectivity index (χ1n) is 5.92. The van der Waals surface area contributed by atoms with Crippen molar-refractivity contribution in [2.24, 2.45) is 0 Å². The van der Waals surface area contributed by atoms with Crippen LogP contribution in [-0.2, 0) is 4.74 Å². The number of likely N-dealkylation sites (tertiary alicyclic amines) is 1. The van der Waals surface area contributed by atoms with E-state index in [1.54, 1.807) is 0 Å². The molecule has 0 unspecified atom stereocenters. The van der Waals surface area contributed by atoms with E-state index in [-0.39, 0.29) is 0 Å². The molecule has 1 heterocycles. The van der Waals surface area contributed by atoms with Crippen molar-refractivity contribution >= 4 is 0 Å². The van der Waals surface area contributed by atoms with Gasteiger partial charge in [0.2, 0.25) is 0 Å². The van der Waals surface area contributed by atoms with Gasteiger partial charge in [-0.3, -0.25) is 4.90 Å². The molecule has 0 aromatic carbocycles. The molecule has 2 heteroatoms. The van der Waals surface area contributed by atoms with Crippen LogP contribution in [0, 0.1) is 0 Å². The van der Waals surface area contributed by atoms with Gasteiger partial charge in [-0.15, -0.1) is 0 Å². The summed E-state index contributed by atoms with van der Waals surface area (Å²) in [7, 11) is 0. The second-order valence-corrected chi connectivity index (χ2v) is 5.01. The van der Waals surface area contributed by atoms with Crippen molar-refractivity contribution in [3.8, 4) is 0 Å². The van der Waals surface area contributed by atoms with Crippen molar-refractivity contribution in [3.63, 3.8) is 0 Å². The summed E-state index contributed by atoms with van der Waals surface area (Å²) in [5.41, 5.74) is 0. The maximum atomic E-state index is 5.86. The van der Waals surface area contributed by atoms with Crippen LogP contribution >= 0.6 is 0 Å². The topological polar surface area (TPSA) is 12.5 Å². The Balaban J connectivity index is 2.39. The molecule has 14 heavy (non-hydrogen) atoms. The molecule has 0 aliphatic carbocycles. The Bertz CT molecular complexity index is 168. The fourth-order valence-corrected chi connectivity index (χ4v) is 2.42. The van der Waals surface area contributed by atoms with Crippen molar-refractivity contribution in [3.05, 3.63) is 0 Å². The van der Waals surface area contributed by atoms with Crippen LogP contribution in [0.25, 0.3) is 0 Å². The average molecular weight is 199 g/mol. The Morgan fingerprint density at radius 2 is 1.86 bits per heavy atom. The third-order valence-corrected chi connectivity index (χ3v) is 3.01. The molecule has 1 fully saturated rings. The molecule has 1 aliphatic heterocycles. The highest BCUT2D eigenvalue weighted by Gasteiger charge is 2.27. The van der Waals surface area contributed by atoms with Crippen molar-refractivity contribution in [1.82, 2.24) is 4.90 Å². The molecule has 2 nitrogen and oxygen atoms in total. The first-order valence-corrected chi connectivity index (χ1v) is 5.92. The van der Waals surface area contributed by atoms with Crippen molar-refractivity contribution in [2.45, 2.75) is 71.8 Å². The van der Waals surface area contributed by atoms with Gasteiger partial charge in [-0.2, -0.15) is 0 Å². The van der Waals surface area contributed by atoms with Gasteiger partial charge in [0.1, 0.15) is 0 Å². The molecular weight excluding hydrogens is 174 g/mol. The summed E-state index contributed by atoms with van der Waals surface area (Å²) >= 11 is 0. The third-order valence-electron chi connectivity index (χ3n) is 3.01. The SMILES string of the molecule is CC(C)O[C@H]1CCN(C(C)C)[C@H](C)C1. The average Bonchev–Trinajstić information content (AvgIpc) is 2.01. The zero-order valence-corrected chi connectivity index (χ0v) is 10.3. The third kappa shape index (κ3) is 3.25. The molecule has 0 aromatic heterocycles. The number of hydrogen-bond donors (Lipinski definition) is 0. The van der Waals surface area contributed by atoms with E-state index in [1.165, 1.54) is 19.4 Å². The van der Waals surface area contributed by atoms with Gasteiger partial charge in [0.15, 0.2) is 0 Å². The fraction of sp³-hybridized carbons (Fsp3) is 1.00.